The Kier molecular flexibility index (Phi) is 3.68. The van der Waals surface area contributed by atoms with Gasteiger partial charge in [-0.2, -0.15) is 0 Å². The van der Waals surface area contributed by atoms with Crippen LogP contribution in [-0.4, -0.2) is 4.98 Å². The quantitative estimate of drug-likeness (QED) is 0.715. The molecular weight excluding hydrogens is 226 g/mol. The van der Waals surface area contributed by atoms with Crippen LogP contribution in [-0.2, 0) is 0 Å². The lowest BCUT2D eigenvalue weighted by Gasteiger charge is -2.18. The summed E-state index contributed by atoms with van der Waals surface area (Å²) in [4.78, 5) is 5.80. The topological polar surface area (TPSA) is 12.9 Å². The van der Waals surface area contributed by atoms with E-state index in [0.717, 1.165) is 5.15 Å². The maximum Gasteiger partial charge on any atom is 0.143 e. The predicted octanol–water partition coefficient (Wildman–Crippen LogP) is 4.97. The maximum absolute atomic E-state index is 6.16. The summed E-state index contributed by atoms with van der Waals surface area (Å²) < 4.78 is 0. The van der Waals surface area contributed by atoms with Crippen LogP contribution in [0.15, 0.2) is 0 Å². The fraction of sp³-hybridized carbons (Fsp3) is 0.750. The van der Waals surface area contributed by atoms with E-state index in [1.165, 1.54) is 42.0 Å². The van der Waals surface area contributed by atoms with Crippen LogP contribution in [0.3, 0.4) is 0 Å². The summed E-state index contributed by atoms with van der Waals surface area (Å²) in [6.45, 7) is 4.37. The van der Waals surface area contributed by atoms with Gasteiger partial charge in [-0.15, -0.1) is 11.3 Å². The van der Waals surface area contributed by atoms with Gasteiger partial charge in [0.05, 0.1) is 5.01 Å². The first-order valence-electron chi connectivity index (χ1n) is 5.84. The lowest BCUT2D eigenvalue weighted by Crippen LogP contribution is -2.03. The fourth-order valence-corrected chi connectivity index (χ4v) is 3.81. The van der Waals surface area contributed by atoms with Crippen molar-refractivity contribution in [3.05, 3.63) is 15.0 Å². The van der Waals surface area contributed by atoms with E-state index in [1.807, 2.05) is 11.3 Å². The minimum atomic E-state index is 0.507. The molecular formula is C12H18ClNS. The Balaban J connectivity index is 2.17. The van der Waals surface area contributed by atoms with E-state index < -0.39 is 0 Å². The predicted molar refractivity (Wildman–Crippen MR) is 67.0 cm³/mol. The number of hydrogen-bond donors (Lipinski definition) is 0. The summed E-state index contributed by atoms with van der Waals surface area (Å²) in [6.07, 6.45) is 6.73. The van der Waals surface area contributed by atoms with Crippen LogP contribution in [0.5, 0.6) is 0 Å². The highest BCUT2D eigenvalue weighted by atomic mass is 35.5. The molecule has 0 saturated heterocycles. The average molecular weight is 244 g/mol. The average Bonchev–Trinajstić information content (AvgIpc) is 2.62. The highest BCUT2D eigenvalue weighted by Crippen LogP contribution is 2.39. The van der Waals surface area contributed by atoms with Crippen molar-refractivity contribution in [1.82, 2.24) is 4.98 Å². The first-order valence-corrected chi connectivity index (χ1v) is 7.04. The zero-order valence-corrected chi connectivity index (χ0v) is 11.0. The van der Waals surface area contributed by atoms with Crippen LogP contribution in [0.4, 0.5) is 0 Å². The van der Waals surface area contributed by atoms with Gasteiger partial charge in [-0.05, 0) is 18.8 Å². The first-order chi connectivity index (χ1) is 7.18. The number of rotatable bonds is 2. The van der Waals surface area contributed by atoms with Gasteiger partial charge in [-0.25, -0.2) is 4.98 Å². The van der Waals surface area contributed by atoms with E-state index in [2.05, 4.69) is 18.8 Å². The second-order valence-electron chi connectivity index (χ2n) is 4.70. The lowest BCUT2D eigenvalue weighted by molar-refractivity contribution is 0.442. The smallest absolute Gasteiger partial charge is 0.143 e. The number of halogens is 1. The van der Waals surface area contributed by atoms with Crippen molar-refractivity contribution in [2.24, 2.45) is 0 Å². The molecule has 1 saturated carbocycles. The molecule has 1 aliphatic carbocycles. The molecule has 1 aromatic heterocycles. The Morgan fingerprint density at radius 3 is 2.47 bits per heavy atom. The Labute approximate surface area is 101 Å². The molecule has 0 spiro atoms. The molecule has 0 atom stereocenters. The van der Waals surface area contributed by atoms with Crippen LogP contribution in [0.2, 0.25) is 5.15 Å². The second-order valence-corrected chi connectivity index (χ2v) is 6.12. The number of nitrogens with zero attached hydrogens (tertiary/aromatic N) is 1. The summed E-state index contributed by atoms with van der Waals surface area (Å²) >= 11 is 7.99. The minimum absolute atomic E-state index is 0.507. The van der Waals surface area contributed by atoms with Gasteiger partial charge >= 0.3 is 0 Å². The molecule has 3 heteroatoms. The third-order valence-electron chi connectivity index (χ3n) is 3.10. The van der Waals surface area contributed by atoms with Crippen molar-refractivity contribution in [3.63, 3.8) is 0 Å². The summed E-state index contributed by atoms with van der Waals surface area (Å²) in [5.74, 6) is 1.20. The van der Waals surface area contributed by atoms with E-state index >= 15 is 0 Å². The second kappa shape index (κ2) is 4.84. The molecule has 2 rings (SSSR count). The number of aromatic nitrogens is 1. The lowest BCUT2D eigenvalue weighted by atomic mass is 9.90. The van der Waals surface area contributed by atoms with Gasteiger partial charge in [0, 0.05) is 10.8 Å². The molecule has 1 fully saturated rings. The van der Waals surface area contributed by atoms with Crippen LogP contribution in [0, 0.1) is 0 Å². The fourth-order valence-electron chi connectivity index (χ4n) is 2.21. The minimum Gasteiger partial charge on any atom is -0.229 e. The van der Waals surface area contributed by atoms with Gasteiger partial charge in [0.2, 0.25) is 0 Å². The van der Waals surface area contributed by atoms with Crippen molar-refractivity contribution >= 4 is 22.9 Å². The van der Waals surface area contributed by atoms with Gasteiger partial charge in [0.15, 0.2) is 0 Å². The monoisotopic (exact) mass is 243 g/mol. The van der Waals surface area contributed by atoms with E-state index in [1.54, 1.807) is 0 Å². The standard InChI is InChI=1S/C12H18ClNS/c1-8(2)10-11(13)14-12(15-10)9-6-4-3-5-7-9/h8-9H,3-7H2,1-2H3. The Hall–Kier alpha value is -0.0800. The number of thiazole rings is 1. The normalized spacial score (nSPS) is 18.7. The third-order valence-corrected chi connectivity index (χ3v) is 5.02. The molecule has 0 aromatic carbocycles. The molecule has 0 bridgehead atoms. The Bertz CT molecular complexity index is 326. The SMILES string of the molecule is CC(C)c1sc(C2CCCCC2)nc1Cl. The molecule has 1 aliphatic rings. The van der Waals surface area contributed by atoms with Crippen LogP contribution >= 0.6 is 22.9 Å². The van der Waals surface area contributed by atoms with E-state index in [4.69, 9.17) is 11.6 Å². The van der Waals surface area contributed by atoms with E-state index in [9.17, 15) is 0 Å². The molecule has 84 valence electrons. The highest BCUT2D eigenvalue weighted by molar-refractivity contribution is 7.12. The summed E-state index contributed by atoms with van der Waals surface area (Å²) in [6, 6.07) is 0. The van der Waals surface area contributed by atoms with Gasteiger partial charge in [-0.3, -0.25) is 0 Å². The highest BCUT2D eigenvalue weighted by Gasteiger charge is 2.21. The van der Waals surface area contributed by atoms with Gasteiger partial charge < -0.3 is 0 Å². The summed E-state index contributed by atoms with van der Waals surface area (Å²) in [7, 11) is 0. The van der Waals surface area contributed by atoms with Gasteiger partial charge in [0.1, 0.15) is 5.15 Å². The number of hydrogen-bond acceptors (Lipinski definition) is 2. The van der Waals surface area contributed by atoms with Crippen molar-refractivity contribution in [1.29, 1.82) is 0 Å². The van der Waals surface area contributed by atoms with Crippen molar-refractivity contribution < 1.29 is 0 Å². The van der Waals surface area contributed by atoms with Gasteiger partial charge in [0.25, 0.3) is 0 Å². The van der Waals surface area contributed by atoms with Crippen molar-refractivity contribution in [2.75, 3.05) is 0 Å². The van der Waals surface area contributed by atoms with Crippen LogP contribution in [0.25, 0.3) is 0 Å². The molecule has 15 heavy (non-hydrogen) atoms. The maximum atomic E-state index is 6.16. The Morgan fingerprint density at radius 2 is 1.93 bits per heavy atom. The molecule has 0 amide bonds. The van der Waals surface area contributed by atoms with E-state index in [-0.39, 0.29) is 0 Å². The first kappa shape index (κ1) is 11.4. The molecule has 1 aromatic rings. The molecule has 0 aliphatic heterocycles. The Morgan fingerprint density at radius 1 is 1.27 bits per heavy atom. The van der Waals surface area contributed by atoms with Crippen molar-refractivity contribution in [2.45, 2.75) is 57.8 Å². The molecule has 0 N–H and O–H groups in total. The zero-order valence-electron chi connectivity index (χ0n) is 9.42. The zero-order chi connectivity index (χ0) is 10.8. The largest absolute Gasteiger partial charge is 0.229 e. The summed E-state index contributed by atoms with van der Waals surface area (Å²) in [5.41, 5.74) is 0. The molecule has 0 unspecified atom stereocenters. The van der Waals surface area contributed by atoms with Crippen molar-refractivity contribution in [3.8, 4) is 0 Å². The van der Waals surface area contributed by atoms with Crippen LogP contribution < -0.4 is 0 Å². The third kappa shape index (κ3) is 2.54. The summed E-state index contributed by atoms with van der Waals surface area (Å²) in [5, 5.41) is 2.03. The molecule has 0 radical (unpaired) electrons. The molecule has 1 heterocycles. The molecule has 1 nitrogen and oxygen atoms in total. The van der Waals surface area contributed by atoms with Gasteiger partial charge in [-0.1, -0.05) is 44.7 Å². The van der Waals surface area contributed by atoms with Crippen LogP contribution in [0.1, 0.15) is 67.7 Å². The van der Waals surface area contributed by atoms with E-state index in [0.29, 0.717) is 11.8 Å².